The minimum atomic E-state index is -0.597. The molecular weight excluding hydrogens is 340 g/mol. The number of benzene rings is 2. The van der Waals surface area contributed by atoms with Crippen molar-refractivity contribution >= 4 is 34.2 Å². The number of hydrogen-bond donors (Lipinski definition) is 2. The van der Waals surface area contributed by atoms with Gasteiger partial charge >= 0.3 is 0 Å². The van der Waals surface area contributed by atoms with Crippen LogP contribution in [0.5, 0.6) is 0 Å². The van der Waals surface area contributed by atoms with Crippen LogP contribution in [0.25, 0.3) is 11.0 Å². The highest BCUT2D eigenvalue weighted by Gasteiger charge is 2.27. The third kappa shape index (κ3) is 3.87. The number of nitrogens with one attached hydrogen (secondary N) is 2. The molecule has 0 spiro atoms. The van der Waals surface area contributed by atoms with Crippen molar-refractivity contribution in [3.05, 3.63) is 59.4 Å². The lowest BCUT2D eigenvalue weighted by Gasteiger charge is -2.17. The Labute approximate surface area is 158 Å². The predicted molar refractivity (Wildman–Crippen MR) is 108 cm³/mol. The summed E-state index contributed by atoms with van der Waals surface area (Å²) in [5.41, 5.74) is 3.25. The van der Waals surface area contributed by atoms with Crippen LogP contribution in [0, 0.1) is 19.3 Å². The van der Waals surface area contributed by atoms with Crippen LogP contribution in [0.4, 0.5) is 11.4 Å². The van der Waals surface area contributed by atoms with E-state index in [4.69, 9.17) is 4.42 Å². The van der Waals surface area contributed by atoms with Crippen molar-refractivity contribution in [3.63, 3.8) is 0 Å². The molecule has 0 bridgehead atoms. The first-order valence-electron chi connectivity index (χ1n) is 8.88. The third-order valence-electron chi connectivity index (χ3n) is 4.49. The Morgan fingerprint density at radius 3 is 2.30 bits per heavy atom. The van der Waals surface area contributed by atoms with E-state index in [2.05, 4.69) is 10.6 Å². The van der Waals surface area contributed by atoms with Crippen molar-refractivity contribution in [1.29, 1.82) is 0 Å². The lowest BCUT2D eigenvalue weighted by molar-refractivity contribution is -0.123. The summed E-state index contributed by atoms with van der Waals surface area (Å²) in [6.07, 6.45) is 0. The molecule has 140 valence electrons. The lowest BCUT2D eigenvalue weighted by Crippen LogP contribution is -2.28. The number of carbonyl (C=O) groups excluding carboxylic acids is 2. The summed E-state index contributed by atoms with van der Waals surface area (Å²) in [6, 6.07) is 13.0. The van der Waals surface area contributed by atoms with Crippen molar-refractivity contribution in [2.75, 3.05) is 10.6 Å². The fraction of sp³-hybridized carbons (Fsp3) is 0.273. The number of fused-ring (bicyclic) bond motifs is 1. The number of amides is 2. The zero-order valence-corrected chi connectivity index (χ0v) is 16.3. The van der Waals surface area contributed by atoms with Gasteiger partial charge in [-0.05, 0) is 49.2 Å². The minimum absolute atomic E-state index is 0.0898. The number of rotatable bonds is 3. The van der Waals surface area contributed by atoms with E-state index in [9.17, 15) is 9.59 Å². The molecule has 0 saturated carbocycles. The molecule has 2 N–H and O–H groups in total. The van der Waals surface area contributed by atoms with Crippen LogP contribution in [0.3, 0.4) is 0 Å². The molecule has 0 aliphatic carbocycles. The Bertz CT molecular complexity index is 1030. The summed E-state index contributed by atoms with van der Waals surface area (Å²) in [6.45, 7) is 9.46. The van der Waals surface area contributed by atoms with Gasteiger partial charge in [-0.1, -0.05) is 39.0 Å². The van der Waals surface area contributed by atoms with E-state index in [0.717, 1.165) is 11.1 Å². The van der Waals surface area contributed by atoms with E-state index >= 15 is 0 Å². The highest BCUT2D eigenvalue weighted by molar-refractivity contribution is 6.15. The Morgan fingerprint density at radius 2 is 1.63 bits per heavy atom. The number of carbonyl (C=O) groups is 2. The maximum absolute atomic E-state index is 12.9. The van der Waals surface area contributed by atoms with Crippen molar-refractivity contribution in [3.8, 4) is 0 Å². The van der Waals surface area contributed by atoms with Gasteiger partial charge in [0, 0.05) is 16.5 Å². The smallest absolute Gasteiger partial charge is 0.293 e. The Kier molecular flexibility index (Phi) is 4.79. The normalized spacial score (nSPS) is 11.4. The first-order chi connectivity index (χ1) is 12.7. The molecule has 0 radical (unpaired) electrons. The van der Waals surface area contributed by atoms with Crippen LogP contribution in [-0.4, -0.2) is 11.8 Å². The van der Waals surface area contributed by atoms with Gasteiger partial charge in [-0.3, -0.25) is 9.59 Å². The van der Waals surface area contributed by atoms with Crippen LogP contribution in [0.2, 0.25) is 0 Å². The average molecular weight is 364 g/mol. The van der Waals surface area contributed by atoms with E-state index in [1.165, 1.54) is 0 Å². The zero-order chi connectivity index (χ0) is 19.8. The molecule has 5 nitrogen and oxygen atoms in total. The molecule has 2 aromatic carbocycles. The molecule has 5 heteroatoms. The zero-order valence-electron chi connectivity index (χ0n) is 16.3. The van der Waals surface area contributed by atoms with Gasteiger partial charge in [0.25, 0.3) is 5.91 Å². The summed E-state index contributed by atoms with van der Waals surface area (Å²) in [7, 11) is 0. The molecule has 0 atom stereocenters. The average Bonchev–Trinajstić information content (AvgIpc) is 2.96. The number of hydrogen-bond acceptors (Lipinski definition) is 3. The summed E-state index contributed by atoms with van der Waals surface area (Å²) < 4.78 is 5.77. The topological polar surface area (TPSA) is 71.3 Å². The van der Waals surface area contributed by atoms with Crippen molar-refractivity contribution in [2.24, 2.45) is 5.41 Å². The summed E-state index contributed by atoms with van der Waals surface area (Å²) >= 11 is 0. The molecule has 0 aliphatic heterocycles. The van der Waals surface area contributed by atoms with Gasteiger partial charge < -0.3 is 15.1 Å². The second-order valence-corrected chi connectivity index (χ2v) is 7.76. The highest BCUT2D eigenvalue weighted by atomic mass is 16.3. The van der Waals surface area contributed by atoms with E-state index < -0.39 is 11.3 Å². The van der Waals surface area contributed by atoms with Gasteiger partial charge in [-0.2, -0.15) is 0 Å². The number of furan rings is 1. The predicted octanol–water partition coefficient (Wildman–Crippen LogP) is 5.29. The van der Waals surface area contributed by atoms with Crippen LogP contribution in [0.15, 0.2) is 46.9 Å². The van der Waals surface area contributed by atoms with Gasteiger partial charge in [-0.25, -0.2) is 0 Å². The lowest BCUT2D eigenvalue weighted by atomic mass is 9.95. The van der Waals surface area contributed by atoms with Gasteiger partial charge in [-0.15, -0.1) is 0 Å². The maximum Gasteiger partial charge on any atom is 0.293 e. The van der Waals surface area contributed by atoms with E-state index in [-0.39, 0.29) is 11.7 Å². The van der Waals surface area contributed by atoms with Crippen molar-refractivity contribution in [2.45, 2.75) is 34.6 Å². The number of para-hydroxylation sites is 1. The molecule has 1 aromatic heterocycles. The quantitative estimate of drug-likeness (QED) is 0.663. The monoisotopic (exact) mass is 364 g/mol. The van der Waals surface area contributed by atoms with E-state index in [1.54, 1.807) is 6.07 Å². The number of aryl methyl sites for hydroxylation is 2. The first kappa shape index (κ1) is 18.7. The molecule has 0 fully saturated rings. The molecule has 1 heterocycles. The second kappa shape index (κ2) is 6.91. The number of anilines is 2. The van der Waals surface area contributed by atoms with Crippen LogP contribution >= 0.6 is 0 Å². The fourth-order valence-corrected chi connectivity index (χ4v) is 2.64. The van der Waals surface area contributed by atoms with Crippen molar-refractivity contribution < 1.29 is 14.0 Å². The van der Waals surface area contributed by atoms with Gasteiger partial charge in [0.1, 0.15) is 11.3 Å². The largest absolute Gasteiger partial charge is 0.449 e. The standard InChI is InChI=1S/C22H24N2O3/c1-13-10-11-15(12-14(13)2)23-20(25)19-18(24-21(26)22(3,4)5)16-8-6-7-9-17(16)27-19/h6-12H,1-5H3,(H,23,25)(H,24,26). The molecular formula is C22H24N2O3. The Balaban J connectivity index is 1.99. The Morgan fingerprint density at radius 1 is 0.926 bits per heavy atom. The maximum atomic E-state index is 12.9. The van der Waals surface area contributed by atoms with Crippen LogP contribution in [0.1, 0.15) is 42.5 Å². The molecule has 3 rings (SSSR count). The Hall–Kier alpha value is -3.08. The second-order valence-electron chi connectivity index (χ2n) is 7.76. The first-order valence-corrected chi connectivity index (χ1v) is 8.88. The summed E-state index contributed by atoms with van der Waals surface area (Å²) in [5, 5.41) is 6.42. The van der Waals surface area contributed by atoms with Crippen molar-refractivity contribution in [1.82, 2.24) is 0 Å². The van der Waals surface area contributed by atoms with Crippen LogP contribution < -0.4 is 10.6 Å². The molecule has 27 heavy (non-hydrogen) atoms. The van der Waals surface area contributed by atoms with Crippen LogP contribution in [-0.2, 0) is 4.79 Å². The van der Waals surface area contributed by atoms with Gasteiger partial charge in [0.05, 0.1) is 0 Å². The van der Waals surface area contributed by atoms with E-state index in [0.29, 0.717) is 22.3 Å². The highest BCUT2D eigenvalue weighted by Crippen LogP contribution is 2.33. The molecule has 0 unspecified atom stereocenters. The molecule has 3 aromatic rings. The fourth-order valence-electron chi connectivity index (χ4n) is 2.64. The summed E-state index contributed by atoms with van der Waals surface area (Å²) in [5.74, 6) is -0.500. The summed E-state index contributed by atoms with van der Waals surface area (Å²) in [4.78, 5) is 25.4. The van der Waals surface area contributed by atoms with E-state index in [1.807, 2.05) is 71.0 Å². The van der Waals surface area contributed by atoms with Gasteiger partial charge in [0.2, 0.25) is 11.7 Å². The molecule has 0 saturated heterocycles. The minimum Gasteiger partial charge on any atom is -0.449 e. The molecule has 2 amide bonds. The third-order valence-corrected chi connectivity index (χ3v) is 4.49. The SMILES string of the molecule is Cc1ccc(NC(=O)c2oc3ccccc3c2NC(=O)C(C)(C)C)cc1C. The molecule has 0 aliphatic rings. The van der Waals surface area contributed by atoms with Gasteiger partial charge in [0.15, 0.2) is 0 Å².